The highest BCUT2D eigenvalue weighted by Crippen LogP contribution is 2.28. The number of ether oxygens (including phenoxy) is 1. The Morgan fingerprint density at radius 2 is 2.27 bits per heavy atom. The van der Waals surface area contributed by atoms with E-state index in [9.17, 15) is 0 Å². The highest BCUT2D eigenvalue weighted by atomic mass is 16.5. The van der Waals surface area contributed by atoms with Gasteiger partial charge in [-0.05, 0) is 25.7 Å². The first-order valence-corrected chi connectivity index (χ1v) is 5.77. The van der Waals surface area contributed by atoms with Crippen LogP contribution in [0.5, 0.6) is 0 Å². The molecule has 0 radical (unpaired) electrons. The van der Waals surface area contributed by atoms with E-state index in [1.165, 1.54) is 12.8 Å². The third-order valence-corrected chi connectivity index (χ3v) is 2.53. The van der Waals surface area contributed by atoms with Gasteiger partial charge in [-0.15, -0.1) is 0 Å². The molecular formula is C11H23N3O. The molecule has 88 valence electrons. The van der Waals surface area contributed by atoms with Crippen molar-refractivity contribution in [2.75, 3.05) is 40.4 Å². The molecule has 4 heteroatoms. The minimum Gasteiger partial charge on any atom is -0.379 e. The molecule has 0 unspecified atom stereocenters. The van der Waals surface area contributed by atoms with E-state index in [2.05, 4.69) is 22.1 Å². The number of aliphatic imine (C=N–C) groups is 1. The van der Waals surface area contributed by atoms with Crippen LogP contribution in [0.1, 0.15) is 19.8 Å². The van der Waals surface area contributed by atoms with Gasteiger partial charge in [0, 0.05) is 33.8 Å². The van der Waals surface area contributed by atoms with Crippen LogP contribution in [0.15, 0.2) is 4.99 Å². The lowest BCUT2D eigenvalue weighted by molar-refractivity contribution is 0.115. The van der Waals surface area contributed by atoms with Crippen molar-refractivity contribution in [1.29, 1.82) is 0 Å². The molecule has 0 aromatic carbocycles. The van der Waals surface area contributed by atoms with Gasteiger partial charge < -0.3 is 15.0 Å². The van der Waals surface area contributed by atoms with E-state index >= 15 is 0 Å². The smallest absolute Gasteiger partial charge is 0.193 e. The molecule has 0 aliphatic heterocycles. The lowest BCUT2D eigenvalue weighted by Crippen LogP contribution is -2.40. The zero-order valence-electron chi connectivity index (χ0n) is 10.1. The van der Waals surface area contributed by atoms with Crippen LogP contribution in [-0.4, -0.2) is 51.3 Å². The van der Waals surface area contributed by atoms with Crippen molar-refractivity contribution in [1.82, 2.24) is 10.2 Å². The van der Waals surface area contributed by atoms with Gasteiger partial charge in [-0.25, -0.2) is 0 Å². The summed E-state index contributed by atoms with van der Waals surface area (Å²) in [5.41, 5.74) is 0. The molecule has 0 atom stereocenters. The molecule has 0 aromatic rings. The fourth-order valence-corrected chi connectivity index (χ4v) is 1.38. The topological polar surface area (TPSA) is 36.9 Å². The molecule has 0 saturated heterocycles. The molecular weight excluding hydrogens is 190 g/mol. The van der Waals surface area contributed by atoms with E-state index in [4.69, 9.17) is 4.74 Å². The molecule has 1 rings (SSSR count). The Balaban J connectivity index is 2.06. The third kappa shape index (κ3) is 5.02. The summed E-state index contributed by atoms with van der Waals surface area (Å²) in [4.78, 5) is 6.27. The lowest BCUT2D eigenvalue weighted by atomic mass is 10.5. The molecule has 0 spiro atoms. The Morgan fingerprint density at radius 1 is 1.53 bits per heavy atom. The summed E-state index contributed by atoms with van der Waals surface area (Å²) >= 11 is 0. The van der Waals surface area contributed by atoms with Crippen molar-refractivity contribution in [3.8, 4) is 0 Å². The van der Waals surface area contributed by atoms with Crippen LogP contribution in [0, 0.1) is 5.92 Å². The monoisotopic (exact) mass is 213 g/mol. The average molecular weight is 213 g/mol. The van der Waals surface area contributed by atoms with Crippen LogP contribution in [0.2, 0.25) is 0 Å². The second-order valence-corrected chi connectivity index (χ2v) is 4.02. The van der Waals surface area contributed by atoms with E-state index < -0.39 is 0 Å². The number of hydrogen-bond donors (Lipinski definition) is 1. The van der Waals surface area contributed by atoms with Crippen molar-refractivity contribution in [3.05, 3.63) is 0 Å². The maximum Gasteiger partial charge on any atom is 0.193 e. The summed E-state index contributed by atoms with van der Waals surface area (Å²) in [5.74, 6) is 1.79. The number of rotatable bonds is 6. The Bertz CT molecular complexity index is 202. The van der Waals surface area contributed by atoms with Crippen LogP contribution < -0.4 is 5.32 Å². The Morgan fingerprint density at radius 3 is 2.80 bits per heavy atom. The molecule has 4 nitrogen and oxygen atoms in total. The van der Waals surface area contributed by atoms with Gasteiger partial charge in [0.15, 0.2) is 5.96 Å². The molecule has 15 heavy (non-hydrogen) atoms. The van der Waals surface area contributed by atoms with Crippen LogP contribution in [-0.2, 0) is 4.74 Å². The largest absolute Gasteiger partial charge is 0.379 e. The predicted octanol–water partition coefficient (Wildman–Crippen LogP) is 0.940. The zero-order chi connectivity index (χ0) is 11.1. The normalized spacial score (nSPS) is 16.6. The van der Waals surface area contributed by atoms with E-state index in [1.54, 1.807) is 7.05 Å². The fourth-order valence-electron chi connectivity index (χ4n) is 1.38. The summed E-state index contributed by atoms with van der Waals surface area (Å²) in [6.45, 7) is 5.60. The van der Waals surface area contributed by atoms with Crippen molar-refractivity contribution in [3.63, 3.8) is 0 Å². The first-order valence-electron chi connectivity index (χ1n) is 5.77. The summed E-state index contributed by atoms with van der Waals surface area (Å²) in [5, 5.41) is 3.21. The van der Waals surface area contributed by atoms with E-state index in [-0.39, 0.29) is 0 Å². The fraction of sp³-hybridized carbons (Fsp3) is 0.909. The maximum atomic E-state index is 5.58. The third-order valence-electron chi connectivity index (χ3n) is 2.53. The van der Waals surface area contributed by atoms with Gasteiger partial charge in [-0.1, -0.05) is 0 Å². The summed E-state index contributed by atoms with van der Waals surface area (Å²) < 4.78 is 5.58. The van der Waals surface area contributed by atoms with Gasteiger partial charge in [0.2, 0.25) is 0 Å². The number of likely N-dealkylation sites (N-methyl/N-ethyl adjacent to an activating group) is 1. The first kappa shape index (κ1) is 12.3. The maximum absolute atomic E-state index is 5.58. The molecule has 1 aliphatic rings. The van der Waals surface area contributed by atoms with Gasteiger partial charge in [0.1, 0.15) is 0 Å². The van der Waals surface area contributed by atoms with Crippen LogP contribution in [0.25, 0.3) is 0 Å². The second-order valence-electron chi connectivity index (χ2n) is 4.02. The summed E-state index contributed by atoms with van der Waals surface area (Å²) in [6, 6.07) is 0. The van der Waals surface area contributed by atoms with Gasteiger partial charge in [0.05, 0.1) is 6.61 Å². The number of nitrogens with one attached hydrogen (secondary N) is 1. The first-order chi connectivity index (χ1) is 7.27. The molecule has 1 N–H and O–H groups in total. The Labute approximate surface area is 92.7 Å². The average Bonchev–Trinajstić information content (AvgIpc) is 3.04. The van der Waals surface area contributed by atoms with Crippen molar-refractivity contribution in [2.24, 2.45) is 10.9 Å². The second kappa shape index (κ2) is 6.67. The van der Waals surface area contributed by atoms with Gasteiger partial charge in [-0.3, -0.25) is 4.99 Å². The van der Waals surface area contributed by atoms with Crippen molar-refractivity contribution < 1.29 is 4.74 Å². The molecule has 1 aliphatic carbocycles. The molecule has 0 amide bonds. The SMILES string of the molecule is CCNC(=NC)N(C)CCOCC1CC1. The Kier molecular flexibility index (Phi) is 5.47. The minimum atomic E-state index is 0.789. The predicted molar refractivity (Wildman–Crippen MR) is 63.2 cm³/mol. The van der Waals surface area contributed by atoms with Crippen LogP contribution in [0.4, 0.5) is 0 Å². The number of hydrogen-bond acceptors (Lipinski definition) is 2. The van der Waals surface area contributed by atoms with Crippen molar-refractivity contribution in [2.45, 2.75) is 19.8 Å². The number of guanidine groups is 1. The van der Waals surface area contributed by atoms with Gasteiger partial charge >= 0.3 is 0 Å². The lowest BCUT2D eigenvalue weighted by Gasteiger charge is -2.21. The minimum absolute atomic E-state index is 0.789. The highest BCUT2D eigenvalue weighted by molar-refractivity contribution is 5.79. The molecule has 1 saturated carbocycles. The van der Waals surface area contributed by atoms with E-state index in [0.29, 0.717) is 0 Å². The Hall–Kier alpha value is -0.770. The molecule has 1 fully saturated rings. The highest BCUT2D eigenvalue weighted by Gasteiger charge is 2.20. The van der Waals surface area contributed by atoms with Gasteiger partial charge in [-0.2, -0.15) is 0 Å². The molecule has 0 aromatic heterocycles. The van der Waals surface area contributed by atoms with Gasteiger partial charge in [0.25, 0.3) is 0 Å². The van der Waals surface area contributed by atoms with E-state index in [1.807, 2.05) is 7.05 Å². The number of nitrogens with zero attached hydrogens (tertiary/aromatic N) is 2. The standard InChI is InChI=1S/C11H23N3O/c1-4-13-11(12-2)14(3)7-8-15-9-10-5-6-10/h10H,4-9H2,1-3H3,(H,12,13). The van der Waals surface area contributed by atoms with Crippen molar-refractivity contribution >= 4 is 5.96 Å². The van der Waals surface area contributed by atoms with Crippen LogP contribution >= 0.6 is 0 Å². The molecule has 0 heterocycles. The van der Waals surface area contributed by atoms with Crippen LogP contribution in [0.3, 0.4) is 0 Å². The summed E-state index contributed by atoms with van der Waals surface area (Å²) in [6.07, 6.45) is 2.71. The van der Waals surface area contributed by atoms with E-state index in [0.717, 1.165) is 38.2 Å². The molecule has 0 bridgehead atoms. The zero-order valence-corrected chi connectivity index (χ0v) is 10.1. The quantitative estimate of drug-likeness (QED) is 0.405. The summed E-state index contributed by atoms with van der Waals surface area (Å²) in [7, 11) is 3.84.